The minimum absolute atomic E-state index is 0.0281. The van der Waals surface area contributed by atoms with Crippen molar-refractivity contribution in [2.24, 2.45) is 0 Å². The van der Waals surface area contributed by atoms with E-state index in [9.17, 15) is 14.4 Å². The zero-order valence-electron chi connectivity index (χ0n) is 9.53. The fraction of sp³-hybridized carbons (Fsp3) is 0.364. The van der Waals surface area contributed by atoms with Gasteiger partial charge in [-0.15, -0.1) is 0 Å². The lowest BCUT2D eigenvalue weighted by Gasteiger charge is -2.04. The van der Waals surface area contributed by atoms with Gasteiger partial charge in [-0.1, -0.05) is 0 Å². The SMILES string of the molecule is CC1=CC(=O)C=C(C)C1=O.CNCC(=O)O. The Hall–Kier alpha value is -1.75. The molecule has 0 aromatic carbocycles. The van der Waals surface area contributed by atoms with Crippen molar-refractivity contribution < 1.29 is 19.5 Å². The number of allylic oxidation sites excluding steroid dienone is 4. The third-order valence-corrected chi connectivity index (χ3v) is 1.76. The highest BCUT2D eigenvalue weighted by Crippen LogP contribution is 2.10. The molecular formula is C11H15NO4. The number of aliphatic carboxylic acids is 1. The monoisotopic (exact) mass is 225 g/mol. The zero-order valence-corrected chi connectivity index (χ0v) is 9.53. The Bertz CT molecular complexity index is 342. The number of carbonyl (C=O) groups is 3. The predicted octanol–water partition coefficient (Wildman–Crippen LogP) is 0.321. The van der Waals surface area contributed by atoms with Crippen LogP contribution in [0.4, 0.5) is 0 Å². The second-order valence-corrected chi connectivity index (χ2v) is 3.31. The predicted molar refractivity (Wildman–Crippen MR) is 59.1 cm³/mol. The number of nitrogens with one attached hydrogen (secondary N) is 1. The number of likely N-dealkylation sites (N-methyl/N-ethyl adjacent to an activating group) is 1. The summed E-state index contributed by atoms with van der Waals surface area (Å²) in [5, 5.41) is 10.3. The van der Waals surface area contributed by atoms with E-state index < -0.39 is 5.97 Å². The van der Waals surface area contributed by atoms with E-state index >= 15 is 0 Å². The van der Waals surface area contributed by atoms with Crippen molar-refractivity contribution in [2.75, 3.05) is 13.6 Å². The van der Waals surface area contributed by atoms with Crippen LogP contribution in [0.5, 0.6) is 0 Å². The van der Waals surface area contributed by atoms with E-state index in [4.69, 9.17) is 5.11 Å². The molecule has 1 rings (SSSR count). The summed E-state index contributed by atoms with van der Waals surface area (Å²) in [7, 11) is 1.59. The molecular weight excluding hydrogens is 210 g/mol. The Labute approximate surface area is 93.8 Å². The van der Waals surface area contributed by atoms with Crippen molar-refractivity contribution >= 4 is 17.5 Å². The van der Waals surface area contributed by atoms with E-state index in [2.05, 4.69) is 5.32 Å². The molecule has 16 heavy (non-hydrogen) atoms. The van der Waals surface area contributed by atoms with Crippen LogP contribution in [0.15, 0.2) is 23.3 Å². The van der Waals surface area contributed by atoms with Crippen LogP contribution in [0.1, 0.15) is 13.8 Å². The maximum atomic E-state index is 11.0. The van der Waals surface area contributed by atoms with E-state index in [1.54, 1.807) is 20.9 Å². The van der Waals surface area contributed by atoms with Gasteiger partial charge in [-0.25, -0.2) is 0 Å². The fourth-order valence-electron chi connectivity index (χ4n) is 1.06. The average molecular weight is 225 g/mol. The fourth-order valence-corrected chi connectivity index (χ4v) is 1.06. The summed E-state index contributed by atoms with van der Waals surface area (Å²) < 4.78 is 0. The number of rotatable bonds is 2. The van der Waals surface area contributed by atoms with Crippen molar-refractivity contribution in [2.45, 2.75) is 13.8 Å². The highest BCUT2D eigenvalue weighted by atomic mass is 16.4. The number of hydrogen-bond acceptors (Lipinski definition) is 4. The van der Waals surface area contributed by atoms with Gasteiger partial charge in [0.25, 0.3) is 0 Å². The second kappa shape index (κ2) is 6.68. The first kappa shape index (κ1) is 14.2. The molecule has 0 bridgehead atoms. The molecule has 0 saturated carbocycles. The van der Waals surface area contributed by atoms with Gasteiger partial charge in [0.15, 0.2) is 11.6 Å². The minimum atomic E-state index is -0.822. The molecule has 5 nitrogen and oxygen atoms in total. The number of carbonyl (C=O) groups excluding carboxylic acids is 2. The summed E-state index contributed by atoms with van der Waals surface area (Å²) in [6.45, 7) is 3.34. The highest BCUT2D eigenvalue weighted by molar-refractivity contribution is 6.19. The normalized spacial score (nSPS) is 14.7. The quantitative estimate of drug-likeness (QED) is 0.661. The average Bonchev–Trinajstić information content (AvgIpc) is 2.14. The second-order valence-electron chi connectivity index (χ2n) is 3.31. The lowest BCUT2D eigenvalue weighted by atomic mass is 9.99. The first-order valence-corrected chi connectivity index (χ1v) is 4.70. The van der Waals surface area contributed by atoms with Gasteiger partial charge in [0.2, 0.25) is 0 Å². The molecule has 0 aromatic heterocycles. The third kappa shape index (κ3) is 5.21. The van der Waals surface area contributed by atoms with Crippen LogP contribution < -0.4 is 5.32 Å². The zero-order chi connectivity index (χ0) is 12.7. The first-order chi connectivity index (χ1) is 7.38. The van der Waals surface area contributed by atoms with E-state index in [0.29, 0.717) is 11.1 Å². The molecule has 1 aliphatic rings. The molecule has 0 aromatic rings. The highest BCUT2D eigenvalue weighted by Gasteiger charge is 2.13. The van der Waals surface area contributed by atoms with Crippen LogP contribution in [0.2, 0.25) is 0 Å². The van der Waals surface area contributed by atoms with Crippen LogP contribution in [0.25, 0.3) is 0 Å². The first-order valence-electron chi connectivity index (χ1n) is 4.70. The van der Waals surface area contributed by atoms with E-state index in [1.807, 2.05) is 0 Å². The van der Waals surface area contributed by atoms with Gasteiger partial charge in [0.05, 0.1) is 6.54 Å². The van der Waals surface area contributed by atoms with E-state index in [0.717, 1.165) is 0 Å². The number of carboxylic acid groups (broad SMARTS) is 1. The number of carboxylic acids is 1. The molecule has 0 aliphatic heterocycles. The standard InChI is InChI=1S/C8H8O2.C3H7NO2/c1-5-3-7(9)4-6(2)8(5)10;1-4-2-3(5)6/h3-4H,1-2H3;4H,2H2,1H3,(H,5,6). The third-order valence-electron chi connectivity index (χ3n) is 1.76. The van der Waals surface area contributed by atoms with Crippen LogP contribution >= 0.6 is 0 Å². The summed E-state index contributed by atoms with van der Waals surface area (Å²) in [5.41, 5.74) is 1.06. The summed E-state index contributed by atoms with van der Waals surface area (Å²) in [4.78, 5) is 31.2. The van der Waals surface area contributed by atoms with Crippen molar-refractivity contribution in [3.05, 3.63) is 23.3 Å². The largest absolute Gasteiger partial charge is 0.480 e. The molecule has 0 fully saturated rings. The molecule has 0 radical (unpaired) electrons. The molecule has 0 spiro atoms. The van der Waals surface area contributed by atoms with Gasteiger partial charge in [-0.3, -0.25) is 14.4 Å². The van der Waals surface area contributed by atoms with Gasteiger partial charge in [-0.2, -0.15) is 0 Å². The van der Waals surface area contributed by atoms with Gasteiger partial charge in [-0.05, 0) is 33.0 Å². The van der Waals surface area contributed by atoms with E-state index in [1.165, 1.54) is 12.2 Å². The molecule has 0 saturated heterocycles. The van der Waals surface area contributed by atoms with Gasteiger partial charge in [0, 0.05) is 11.1 Å². The molecule has 0 heterocycles. The van der Waals surface area contributed by atoms with Crippen molar-refractivity contribution in [1.29, 1.82) is 0 Å². The maximum Gasteiger partial charge on any atom is 0.317 e. The molecule has 88 valence electrons. The Morgan fingerprint density at radius 2 is 1.69 bits per heavy atom. The minimum Gasteiger partial charge on any atom is -0.480 e. The number of Topliss-reactive ketones (excluding diaryl/α,β-unsaturated/α-hetero) is 1. The van der Waals surface area contributed by atoms with Crippen LogP contribution in [-0.2, 0) is 14.4 Å². The summed E-state index contributed by atoms with van der Waals surface area (Å²) in [5.74, 6) is -0.938. The Morgan fingerprint density at radius 1 is 1.25 bits per heavy atom. The topological polar surface area (TPSA) is 83.5 Å². The number of ketones is 2. The Morgan fingerprint density at radius 3 is 1.94 bits per heavy atom. The Kier molecular flexibility index (Phi) is 5.95. The van der Waals surface area contributed by atoms with Crippen LogP contribution in [0, 0.1) is 0 Å². The molecule has 0 unspecified atom stereocenters. The lowest BCUT2D eigenvalue weighted by Crippen LogP contribution is -2.16. The van der Waals surface area contributed by atoms with E-state index in [-0.39, 0.29) is 18.1 Å². The summed E-state index contributed by atoms with van der Waals surface area (Å²) in [6, 6.07) is 0. The van der Waals surface area contributed by atoms with Crippen LogP contribution in [-0.4, -0.2) is 36.2 Å². The molecule has 0 atom stereocenters. The molecule has 0 amide bonds. The van der Waals surface area contributed by atoms with Crippen LogP contribution in [0.3, 0.4) is 0 Å². The lowest BCUT2D eigenvalue weighted by molar-refractivity contribution is -0.135. The van der Waals surface area contributed by atoms with Gasteiger partial charge < -0.3 is 10.4 Å². The smallest absolute Gasteiger partial charge is 0.317 e. The van der Waals surface area contributed by atoms with Crippen molar-refractivity contribution in [1.82, 2.24) is 5.32 Å². The summed E-state index contributed by atoms with van der Waals surface area (Å²) >= 11 is 0. The number of hydrogen-bond donors (Lipinski definition) is 2. The maximum absolute atomic E-state index is 11.0. The van der Waals surface area contributed by atoms with Gasteiger partial charge in [0.1, 0.15) is 0 Å². The Balaban J connectivity index is 0.000000325. The molecule has 2 N–H and O–H groups in total. The molecule has 5 heteroatoms. The summed E-state index contributed by atoms with van der Waals surface area (Å²) in [6.07, 6.45) is 2.71. The van der Waals surface area contributed by atoms with Gasteiger partial charge >= 0.3 is 5.97 Å². The van der Waals surface area contributed by atoms with Crippen molar-refractivity contribution in [3.63, 3.8) is 0 Å². The molecule has 1 aliphatic carbocycles. The van der Waals surface area contributed by atoms with Crippen molar-refractivity contribution in [3.8, 4) is 0 Å².